The maximum atomic E-state index is 11.6. The van der Waals surface area contributed by atoms with Crippen molar-refractivity contribution >= 4 is 5.91 Å². The molecule has 4 nitrogen and oxygen atoms in total. The number of carbonyl (C=O) groups is 1. The third-order valence-corrected chi connectivity index (χ3v) is 2.89. The van der Waals surface area contributed by atoms with Gasteiger partial charge in [0, 0.05) is 19.6 Å². The molecular formula is C11H21NO3. The normalized spacial score (nSPS) is 19.9. The summed E-state index contributed by atoms with van der Waals surface area (Å²) in [4.78, 5) is 11.6. The first-order chi connectivity index (χ1) is 7.26. The molecule has 0 aromatic carbocycles. The van der Waals surface area contributed by atoms with Gasteiger partial charge in [0.25, 0.3) is 0 Å². The summed E-state index contributed by atoms with van der Waals surface area (Å²) < 4.78 is 5.23. The van der Waals surface area contributed by atoms with Crippen molar-refractivity contribution < 1.29 is 14.6 Å². The lowest BCUT2D eigenvalue weighted by Gasteiger charge is -2.22. The van der Waals surface area contributed by atoms with Crippen molar-refractivity contribution in [3.8, 4) is 0 Å². The lowest BCUT2D eigenvalue weighted by Crippen LogP contribution is -2.38. The lowest BCUT2D eigenvalue weighted by atomic mass is 9.96. The highest BCUT2D eigenvalue weighted by Gasteiger charge is 2.18. The van der Waals surface area contributed by atoms with Gasteiger partial charge in [0.1, 0.15) is 0 Å². The molecule has 88 valence electrons. The molecule has 4 heteroatoms. The van der Waals surface area contributed by atoms with Crippen molar-refractivity contribution in [2.75, 3.05) is 19.8 Å². The Morgan fingerprint density at radius 3 is 2.73 bits per heavy atom. The van der Waals surface area contributed by atoms with E-state index in [1.165, 1.54) is 0 Å². The number of aliphatic hydroxyl groups is 1. The van der Waals surface area contributed by atoms with Gasteiger partial charge < -0.3 is 15.2 Å². The maximum Gasteiger partial charge on any atom is 0.220 e. The summed E-state index contributed by atoms with van der Waals surface area (Å²) in [5, 5.41) is 11.8. The fourth-order valence-corrected chi connectivity index (χ4v) is 1.78. The highest BCUT2D eigenvalue weighted by molar-refractivity contribution is 5.76. The van der Waals surface area contributed by atoms with Crippen LogP contribution in [0.5, 0.6) is 0 Å². The van der Waals surface area contributed by atoms with E-state index in [-0.39, 0.29) is 18.6 Å². The molecule has 1 saturated heterocycles. The second kappa shape index (κ2) is 6.80. The van der Waals surface area contributed by atoms with Crippen LogP contribution in [0.2, 0.25) is 0 Å². The summed E-state index contributed by atoms with van der Waals surface area (Å²) in [6.07, 6.45) is 3.29. The number of hydrogen-bond acceptors (Lipinski definition) is 3. The summed E-state index contributed by atoms with van der Waals surface area (Å²) in [5.41, 5.74) is 0. The fraction of sp³-hybridized carbons (Fsp3) is 0.909. The molecule has 0 radical (unpaired) electrons. The van der Waals surface area contributed by atoms with Crippen LogP contribution in [0.25, 0.3) is 0 Å². The number of hydrogen-bond donors (Lipinski definition) is 2. The van der Waals surface area contributed by atoms with Crippen molar-refractivity contribution in [1.29, 1.82) is 0 Å². The SMILES string of the molecule is CCC(CO)NC(=O)CC1CCOCC1. The van der Waals surface area contributed by atoms with E-state index >= 15 is 0 Å². The third kappa shape index (κ3) is 4.62. The van der Waals surface area contributed by atoms with Crippen LogP contribution >= 0.6 is 0 Å². The van der Waals surface area contributed by atoms with E-state index < -0.39 is 0 Å². The molecule has 1 fully saturated rings. The molecule has 2 N–H and O–H groups in total. The zero-order chi connectivity index (χ0) is 11.1. The Morgan fingerprint density at radius 2 is 2.20 bits per heavy atom. The van der Waals surface area contributed by atoms with Crippen LogP contribution < -0.4 is 5.32 Å². The van der Waals surface area contributed by atoms with Gasteiger partial charge in [-0.1, -0.05) is 6.92 Å². The first-order valence-corrected chi connectivity index (χ1v) is 5.74. The van der Waals surface area contributed by atoms with Gasteiger partial charge in [-0.15, -0.1) is 0 Å². The smallest absolute Gasteiger partial charge is 0.220 e. The van der Waals surface area contributed by atoms with E-state index in [0.29, 0.717) is 12.3 Å². The van der Waals surface area contributed by atoms with E-state index in [1.807, 2.05) is 6.92 Å². The molecule has 1 aliphatic rings. The molecule has 1 aliphatic heterocycles. The summed E-state index contributed by atoms with van der Waals surface area (Å²) in [6.45, 7) is 3.52. The summed E-state index contributed by atoms with van der Waals surface area (Å²) >= 11 is 0. The summed E-state index contributed by atoms with van der Waals surface area (Å²) in [6, 6.07) is -0.0858. The van der Waals surface area contributed by atoms with E-state index in [2.05, 4.69) is 5.32 Å². The van der Waals surface area contributed by atoms with E-state index in [1.54, 1.807) is 0 Å². The van der Waals surface area contributed by atoms with Gasteiger partial charge in [-0.2, -0.15) is 0 Å². The molecule has 0 spiro atoms. The molecular weight excluding hydrogens is 194 g/mol. The minimum Gasteiger partial charge on any atom is -0.394 e. The van der Waals surface area contributed by atoms with Crippen LogP contribution in [0.15, 0.2) is 0 Å². The minimum atomic E-state index is -0.0858. The molecule has 0 aromatic heterocycles. The van der Waals surface area contributed by atoms with Gasteiger partial charge in [-0.05, 0) is 25.2 Å². The third-order valence-electron chi connectivity index (χ3n) is 2.89. The van der Waals surface area contributed by atoms with Gasteiger partial charge in [0.15, 0.2) is 0 Å². The molecule has 0 saturated carbocycles. The van der Waals surface area contributed by atoms with Gasteiger partial charge >= 0.3 is 0 Å². The Morgan fingerprint density at radius 1 is 1.53 bits per heavy atom. The van der Waals surface area contributed by atoms with Gasteiger partial charge in [0.05, 0.1) is 12.6 Å². The van der Waals surface area contributed by atoms with Crippen molar-refractivity contribution in [3.05, 3.63) is 0 Å². The topological polar surface area (TPSA) is 58.6 Å². The van der Waals surface area contributed by atoms with Crippen LogP contribution in [0.1, 0.15) is 32.6 Å². The molecule has 1 atom stereocenters. The average Bonchev–Trinajstić information content (AvgIpc) is 2.27. The molecule has 15 heavy (non-hydrogen) atoms. The van der Waals surface area contributed by atoms with Crippen molar-refractivity contribution in [2.45, 2.75) is 38.6 Å². The van der Waals surface area contributed by atoms with Crippen molar-refractivity contribution in [1.82, 2.24) is 5.32 Å². The Labute approximate surface area is 91.0 Å². The predicted molar refractivity (Wildman–Crippen MR) is 57.5 cm³/mol. The van der Waals surface area contributed by atoms with Gasteiger partial charge in [-0.3, -0.25) is 4.79 Å². The molecule has 0 aromatic rings. The van der Waals surface area contributed by atoms with Crippen LogP contribution in [-0.4, -0.2) is 36.9 Å². The molecule has 1 heterocycles. The summed E-state index contributed by atoms with van der Waals surface area (Å²) in [5.74, 6) is 0.512. The quantitative estimate of drug-likeness (QED) is 0.709. The highest BCUT2D eigenvalue weighted by atomic mass is 16.5. The van der Waals surface area contributed by atoms with Crippen LogP contribution in [-0.2, 0) is 9.53 Å². The second-order valence-electron chi connectivity index (χ2n) is 4.12. The number of carbonyl (C=O) groups excluding carboxylic acids is 1. The molecule has 1 amide bonds. The van der Waals surface area contributed by atoms with Gasteiger partial charge in [0.2, 0.25) is 5.91 Å². The van der Waals surface area contributed by atoms with E-state index in [4.69, 9.17) is 9.84 Å². The largest absolute Gasteiger partial charge is 0.394 e. The Bertz CT molecular complexity index is 186. The number of amides is 1. The average molecular weight is 215 g/mol. The first kappa shape index (κ1) is 12.5. The monoisotopic (exact) mass is 215 g/mol. The van der Waals surface area contributed by atoms with Crippen molar-refractivity contribution in [2.24, 2.45) is 5.92 Å². The molecule has 1 rings (SSSR count). The van der Waals surface area contributed by atoms with E-state index in [0.717, 1.165) is 32.5 Å². The van der Waals surface area contributed by atoms with Crippen LogP contribution in [0, 0.1) is 5.92 Å². The Kier molecular flexibility index (Phi) is 5.65. The maximum absolute atomic E-state index is 11.6. The molecule has 0 bridgehead atoms. The number of ether oxygens (including phenoxy) is 1. The predicted octanol–water partition coefficient (Wildman–Crippen LogP) is 0.690. The highest BCUT2D eigenvalue weighted by Crippen LogP contribution is 2.18. The van der Waals surface area contributed by atoms with Gasteiger partial charge in [-0.25, -0.2) is 0 Å². The number of nitrogens with one attached hydrogen (secondary N) is 1. The zero-order valence-corrected chi connectivity index (χ0v) is 9.37. The zero-order valence-electron chi connectivity index (χ0n) is 9.37. The standard InChI is InChI=1S/C11H21NO3/c1-2-10(8-13)12-11(14)7-9-3-5-15-6-4-9/h9-10,13H,2-8H2,1H3,(H,12,14). The van der Waals surface area contributed by atoms with E-state index in [9.17, 15) is 4.79 Å². The minimum absolute atomic E-state index is 0.0238. The van der Waals surface area contributed by atoms with Crippen LogP contribution in [0.3, 0.4) is 0 Å². The number of rotatable bonds is 5. The Balaban J connectivity index is 2.21. The first-order valence-electron chi connectivity index (χ1n) is 5.74. The Hall–Kier alpha value is -0.610. The fourth-order valence-electron chi connectivity index (χ4n) is 1.78. The second-order valence-corrected chi connectivity index (χ2v) is 4.12. The van der Waals surface area contributed by atoms with Crippen LogP contribution in [0.4, 0.5) is 0 Å². The molecule has 1 unspecified atom stereocenters. The summed E-state index contributed by atoms with van der Waals surface area (Å²) in [7, 11) is 0. The number of aliphatic hydroxyl groups excluding tert-OH is 1. The lowest BCUT2D eigenvalue weighted by molar-refractivity contribution is -0.123. The van der Waals surface area contributed by atoms with Crippen molar-refractivity contribution in [3.63, 3.8) is 0 Å². The molecule has 0 aliphatic carbocycles.